The number of hydrogen-bond donors (Lipinski definition) is 3. The molecule has 3 rings (SSSR count). The average molecular weight is 459 g/mol. The molecule has 0 aliphatic carbocycles. The third-order valence-electron chi connectivity index (χ3n) is 4.64. The molecule has 0 bridgehead atoms. The van der Waals surface area contributed by atoms with Crippen molar-refractivity contribution in [2.24, 2.45) is 5.10 Å². The number of carbonyl (C=O) groups is 3. The Morgan fingerprint density at radius 3 is 1.85 bits per heavy atom. The summed E-state index contributed by atoms with van der Waals surface area (Å²) in [7, 11) is 0. The molecule has 3 amide bonds. The molecule has 0 aliphatic rings. The lowest BCUT2D eigenvalue weighted by Gasteiger charge is -2.08. The van der Waals surface area contributed by atoms with E-state index in [0.29, 0.717) is 18.8 Å². The summed E-state index contributed by atoms with van der Waals surface area (Å²) in [4.78, 5) is 35.6. The fourth-order valence-electron chi connectivity index (χ4n) is 2.87. The second kappa shape index (κ2) is 13.2. The third-order valence-corrected chi connectivity index (χ3v) is 4.64. The first-order valence-corrected chi connectivity index (χ1v) is 10.7. The van der Waals surface area contributed by atoms with Crippen LogP contribution in [0.15, 0.2) is 90.0 Å². The van der Waals surface area contributed by atoms with E-state index in [-0.39, 0.29) is 24.8 Å². The maximum atomic E-state index is 11.9. The van der Waals surface area contributed by atoms with Crippen molar-refractivity contribution in [1.29, 1.82) is 0 Å². The zero-order valence-corrected chi connectivity index (χ0v) is 18.6. The highest BCUT2D eigenvalue weighted by Gasteiger charge is 2.08. The first-order chi connectivity index (χ1) is 16.6. The van der Waals surface area contributed by atoms with Crippen molar-refractivity contribution >= 4 is 23.9 Å². The summed E-state index contributed by atoms with van der Waals surface area (Å²) >= 11 is 0. The van der Waals surface area contributed by atoms with Crippen LogP contribution in [0.3, 0.4) is 0 Å². The molecule has 0 aromatic heterocycles. The van der Waals surface area contributed by atoms with Crippen molar-refractivity contribution in [2.75, 3.05) is 6.61 Å². The SMILES string of the molecule is O=C(COc1ccc(/C=N/NC(=O)CC(=O)NCc2ccccc2)cc1)NCc1ccccc1. The van der Waals surface area contributed by atoms with Gasteiger partial charge in [0, 0.05) is 13.1 Å². The molecule has 174 valence electrons. The molecule has 0 atom stereocenters. The second-order valence-electron chi connectivity index (χ2n) is 7.35. The van der Waals surface area contributed by atoms with E-state index in [1.807, 2.05) is 60.7 Å². The molecular weight excluding hydrogens is 432 g/mol. The smallest absolute Gasteiger partial charge is 0.258 e. The van der Waals surface area contributed by atoms with E-state index in [0.717, 1.165) is 16.7 Å². The number of ether oxygens (including phenoxy) is 1. The van der Waals surface area contributed by atoms with E-state index in [1.54, 1.807) is 24.3 Å². The van der Waals surface area contributed by atoms with Gasteiger partial charge in [0.05, 0.1) is 6.21 Å². The molecule has 3 aromatic carbocycles. The summed E-state index contributed by atoms with van der Waals surface area (Å²) in [5.41, 5.74) is 5.01. The van der Waals surface area contributed by atoms with Crippen LogP contribution in [0, 0.1) is 0 Å². The molecule has 0 unspecified atom stereocenters. The van der Waals surface area contributed by atoms with Crippen LogP contribution in [0.5, 0.6) is 5.75 Å². The molecule has 0 heterocycles. The predicted octanol–water partition coefficient (Wildman–Crippen LogP) is 2.54. The third kappa shape index (κ3) is 8.96. The number of hydrogen-bond acceptors (Lipinski definition) is 5. The summed E-state index contributed by atoms with van der Waals surface area (Å²) in [6.45, 7) is 0.709. The number of nitrogens with one attached hydrogen (secondary N) is 3. The molecule has 0 spiro atoms. The lowest BCUT2D eigenvalue weighted by Crippen LogP contribution is -2.29. The van der Waals surface area contributed by atoms with Gasteiger partial charge in [-0.1, -0.05) is 60.7 Å². The highest BCUT2D eigenvalue weighted by atomic mass is 16.5. The van der Waals surface area contributed by atoms with Crippen molar-refractivity contribution < 1.29 is 19.1 Å². The van der Waals surface area contributed by atoms with Crippen LogP contribution in [-0.4, -0.2) is 30.5 Å². The summed E-state index contributed by atoms with van der Waals surface area (Å²) in [6.07, 6.45) is 1.14. The lowest BCUT2D eigenvalue weighted by molar-refractivity contribution is -0.129. The Hall–Kier alpha value is -4.46. The van der Waals surface area contributed by atoms with Crippen LogP contribution in [0.4, 0.5) is 0 Å². The van der Waals surface area contributed by atoms with Crippen LogP contribution in [0.25, 0.3) is 0 Å². The van der Waals surface area contributed by atoms with Crippen molar-refractivity contribution in [3.63, 3.8) is 0 Å². The fraction of sp³-hybridized carbons (Fsp3) is 0.154. The van der Waals surface area contributed by atoms with E-state index in [1.165, 1.54) is 6.21 Å². The van der Waals surface area contributed by atoms with Crippen LogP contribution in [0.1, 0.15) is 23.1 Å². The Kier molecular flexibility index (Phi) is 9.37. The van der Waals surface area contributed by atoms with E-state index >= 15 is 0 Å². The zero-order chi connectivity index (χ0) is 24.0. The number of carbonyl (C=O) groups excluding carboxylic acids is 3. The predicted molar refractivity (Wildman–Crippen MR) is 129 cm³/mol. The summed E-state index contributed by atoms with van der Waals surface area (Å²) in [5.74, 6) is -0.578. The van der Waals surface area contributed by atoms with Gasteiger partial charge in [0.2, 0.25) is 11.8 Å². The highest BCUT2D eigenvalue weighted by molar-refractivity contribution is 5.97. The summed E-state index contributed by atoms with van der Waals surface area (Å²) in [6, 6.07) is 25.9. The molecule has 3 N–H and O–H groups in total. The van der Waals surface area contributed by atoms with Gasteiger partial charge in [-0.2, -0.15) is 5.10 Å². The standard InChI is InChI=1S/C26H26N4O4/c31-24(27-16-20-7-3-1-4-8-20)15-25(32)30-29-18-22-11-13-23(14-12-22)34-19-26(33)28-17-21-9-5-2-6-10-21/h1-14,18H,15-17,19H2,(H,27,31)(H,28,33)(H,30,32)/b29-18+. The Labute approximate surface area is 198 Å². The lowest BCUT2D eigenvalue weighted by atomic mass is 10.2. The van der Waals surface area contributed by atoms with E-state index < -0.39 is 5.91 Å². The van der Waals surface area contributed by atoms with Crippen LogP contribution < -0.4 is 20.8 Å². The number of nitrogens with zero attached hydrogens (tertiary/aromatic N) is 1. The van der Waals surface area contributed by atoms with Crippen molar-refractivity contribution in [3.8, 4) is 5.75 Å². The minimum absolute atomic E-state index is 0.0946. The minimum Gasteiger partial charge on any atom is -0.484 e. The van der Waals surface area contributed by atoms with E-state index in [4.69, 9.17) is 4.74 Å². The molecule has 3 aromatic rings. The van der Waals surface area contributed by atoms with Gasteiger partial charge in [-0.05, 0) is 41.0 Å². The first kappa shape index (κ1) is 24.2. The number of benzene rings is 3. The molecular formula is C26H26N4O4. The van der Waals surface area contributed by atoms with Gasteiger partial charge in [0.25, 0.3) is 5.91 Å². The second-order valence-corrected chi connectivity index (χ2v) is 7.35. The van der Waals surface area contributed by atoms with E-state index in [2.05, 4.69) is 21.2 Å². The summed E-state index contributed by atoms with van der Waals surface area (Å²) < 4.78 is 5.48. The molecule has 8 heteroatoms. The molecule has 0 fully saturated rings. The van der Waals surface area contributed by atoms with Gasteiger partial charge in [0.1, 0.15) is 12.2 Å². The van der Waals surface area contributed by atoms with Gasteiger partial charge in [0.15, 0.2) is 6.61 Å². The minimum atomic E-state index is -0.511. The maximum absolute atomic E-state index is 11.9. The highest BCUT2D eigenvalue weighted by Crippen LogP contribution is 2.11. The molecule has 0 saturated heterocycles. The van der Waals surface area contributed by atoms with Crippen LogP contribution >= 0.6 is 0 Å². The topological polar surface area (TPSA) is 109 Å². The zero-order valence-electron chi connectivity index (χ0n) is 18.6. The Bertz CT molecular complexity index is 1100. The Balaban J connectivity index is 1.33. The molecule has 0 radical (unpaired) electrons. The van der Waals surface area contributed by atoms with Crippen molar-refractivity contribution in [2.45, 2.75) is 19.5 Å². The molecule has 0 saturated carbocycles. The van der Waals surface area contributed by atoms with Gasteiger partial charge in [-0.3, -0.25) is 14.4 Å². The van der Waals surface area contributed by atoms with Gasteiger partial charge in [-0.25, -0.2) is 5.43 Å². The number of hydrazone groups is 1. The van der Waals surface area contributed by atoms with E-state index in [9.17, 15) is 14.4 Å². The van der Waals surface area contributed by atoms with Gasteiger partial charge in [-0.15, -0.1) is 0 Å². The van der Waals surface area contributed by atoms with Crippen molar-refractivity contribution in [3.05, 3.63) is 102 Å². The number of amides is 3. The monoisotopic (exact) mass is 458 g/mol. The normalized spacial score (nSPS) is 10.5. The average Bonchev–Trinajstić information content (AvgIpc) is 2.87. The quantitative estimate of drug-likeness (QED) is 0.233. The fourth-order valence-corrected chi connectivity index (χ4v) is 2.87. The molecule has 8 nitrogen and oxygen atoms in total. The maximum Gasteiger partial charge on any atom is 0.258 e. The number of rotatable bonds is 11. The molecule has 34 heavy (non-hydrogen) atoms. The Morgan fingerprint density at radius 1 is 0.706 bits per heavy atom. The van der Waals surface area contributed by atoms with Gasteiger partial charge >= 0.3 is 0 Å². The van der Waals surface area contributed by atoms with Crippen LogP contribution in [0.2, 0.25) is 0 Å². The summed E-state index contributed by atoms with van der Waals surface area (Å²) in [5, 5.41) is 9.34. The largest absolute Gasteiger partial charge is 0.484 e. The first-order valence-electron chi connectivity index (χ1n) is 10.7. The van der Waals surface area contributed by atoms with Crippen molar-refractivity contribution in [1.82, 2.24) is 16.1 Å². The molecule has 0 aliphatic heterocycles. The van der Waals surface area contributed by atoms with Gasteiger partial charge < -0.3 is 15.4 Å². The van der Waals surface area contributed by atoms with Crippen LogP contribution in [-0.2, 0) is 27.5 Å². The Morgan fingerprint density at radius 2 is 1.26 bits per heavy atom.